The van der Waals surface area contributed by atoms with Gasteiger partial charge in [0.05, 0.1) is 0 Å². The number of hydrogen-bond donors (Lipinski definition) is 1. The van der Waals surface area contributed by atoms with E-state index in [0.717, 1.165) is 31.6 Å². The average Bonchev–Trinajstić information content (AvgIpc) is 2.98. The number of hydrogen-bond acceptors (Lipinski definition) is 3. The average molecular weight is 310 g/mol. The molecule has 21 heavy (non-hydrogen) atoms. The maximum absolute atomic E-state index is 12.3. The van der Waals surface area contributed by atoms with E-state index in [0.29, 0.717) is 23.3 Å². The number of aryl methyl sites for hydroxylation is 1. The van der Waals surface area contributed by atoms with Crippen molar-refractivity contribution < 1.29 is 4.79 Å². The number of aromatic nitrogens is 1. The number of nitrogens with zero attached hydrogens (tertiary/aromatic N) is 2. The first-order chi connectivity index (χ1) is 10.1. The van der Waals surface area contributed by atoms with Crippen LogP contribution in [0.5, 0.6) is 0 Å². The van der Waals surface area contributed by atoms with Crippen molar-refractivity contribution in [2.24, 2.45) is 0 Å². The topological polar surface area (TPSA) is 45.2 Å². The summed E-state index contributed by atoms with van der Waals surface area (Å²) in [6.45, 7) is 7.19. The molecule has 0 aromatic carbocycles. The van der Waals surface area contributed by atoms with E-state index in [1.807, 2.05) is 6.07 Å². The third kappa shape index (κ3) is 4.68. The Morgan fingerprint density at radius 3 is 2.81 bits per heavy atom. The molecule has 1 unspecified atom stereocenters. The fraction of sp³-hybridized carbons (Fsp3) is 0.625. The molecule has 1 aliphatic rings. The standard InChI is InChI=1S/C16H24ClN3O/c1-3-6-14-9-13(10-15(17)19-14)16(21)18-11-12(2)20-7-4-5-8-20/h9-10,12H,3-8,11H2,1-2H3,(H,18,21). The molecule has 1 saturated heterocycles. The van der Waals surface area contributed by atoms with E-state index in [9.17, 15) is 4.79 Å². The van der Waals surface area contributed by atoms with Crippen LogP contribution in [0.15, 0.2) is 12.1 Å². The normalized spacial score (nSPS) is 16.9. The highest BCUT2D eigenvalue weighted by Crippen LogP contribution is 2.13. The fourth-order valence-corrected chi connectivity index (χ4v) is 2.95. The second-order valence-corrected chi connectivity index (χ2v) is 6.11. The largest absolute Gasteiger partial charge is 0.350 e. The molecule has 5 heteroatoms. The van der Waals surface area contributed by atoms with Crippen LogP contribution in [0.2, 0.25) is 5.15 Å². The first kappa shape index (κ1) is 16.2. The molecule has 4 nitrogen and oxygen atoms in total. The molecular weight excluding hydrogens is 286 g/mol. The van der Waals surface area contributed by atoms with Crippen molar-refractivity contribution in [1.82, 2.24) is 15.2 Å². The molecule has 1 aromatic heterocycles. The van der Waals surface area contributed by atoms with Gasteiger partial charge < -0.3 is 5.32 Å². The van der Waals surface area contributed by atoms with E-state index >= 15 is 0 Å². The van der Waals surface area contributed by atoms with E-state index in [1.54, 1.807) is 6.07 Å². The van der Waals surface area contributed by atoms with Gasteiger partial charge in [0.25, 0.3) is 5.91 Å². The first-order valence-electron chi connectivity index (χ1n) is 7.79. The minimum atomic E-state index is -0.0669. The van der Waals surface area contributed by atoms with Crippen LogP contribution in [0.4, 0.5) is 0 Å². The Kier molecular flexibility index (Phi) is 6.00. The van der Waals surface area contributed by atoms with Gasteiger partial charge in [-0.3, -0.25) is 9.69 Å². The first-order valence-corrected chi connectivity index (χ1v) is 8.16. The number of carbonyl (C=O) groups excluding carboxylic acids is 1. The van der Waals surface area contributed by atoms with E-state index < -0.39 is 0 Å². The molecule has 1 amide bonds. The summed E-state index contributed by atoms with van der Waals surface area (Å²) in [4.78, 5) is 18.9. The smallest absolute Gasteiger partial charge is 0.251 e. The molecule has 0 spiro atoms. The molecule has 1 atom stereocenters. The second-order valence-electron chi connectivity index (χ2n) is 5.72. The molecular formula is C16H24ClN3O. The van der Waals surface area contributed by atoms with Crippen molar-refractivity contribution in [2.45, 2.75) is 45.6 Å². The van der Waals surface area contributed by atoms with Gasteiger partial charge in [0.15, 0.2) is 0 Å². The van der Waals surface area contributed by atoms with Crippen molar-refractivity contribution in [3.05, 3.63) is 28.5 Å². The van der Waals surface area contributed by atoms with Gasteiger partial charge in [0.1, 0.15) is 5.15 Å². The molecule has 1 N–H and O–H groups in total. The van der Waals surface area contributed by atoms with Crippen molar-refractivity contribution in [3.63, 3.8) is 0 Å². The maximum Gasteiger partial charge on any atom is 0.251 e. The number of carbonyl (C=O) groups is 1. The third-order valence-corrected chi connectivity index (χ3v) is 4.13. The van der Waals surface area contributed by atoms with Gasteiger partial charge in [0.2, 0.25) is 0 Å². The van der Waals surface area contributed by atoms with E-state index in [1.165, 1.54) is 12.8 Å². The van der Waals surface area contributed by atoms with Crippen LogP contribution < -0.4 is 5.32 Å². The zero-order chi connectivity index (χ0) is 15.2. The van der Waals surface area contributed by atoms with Crippen molar-refractivity contribution in [3.8, 4) is 0 Å². The second kappa shape index (κ2) is 7.76. The predicted octanol–water partition coefficient (Wildman–Crippen LogP) is 2.90. The van der Waals surface area contributed by atoms with Gasteiger partial charge >= 0.3 is 0 Å². The number of likely N-dealkylation sites (tertiary alicyclic amines) is 1. The lowest BCUT2D eigenvalue weighted by atomic mass is 10.1. The summed E-state index contributed by atoms with van der Waals surface area (Å²) in [6.07, 6.45) is 4.35. The summed E-state index contributed by atoms with van der Waals surface area (Å²) in [6, 6.07) is 3.85. The Hall–Kier alpha value is -1.13. The highest BCUT2D eigenvalue weighted by molar-refractivity contribution is 6.29. The number of rotatable bonds is 6. The molecule has 1 aromatic rings. The molecule has 116 valence electrons. The Balaban J connectivity index is 1.93. The molecule has 1 fully saturated rings. The Bertz CT molecular complexity index is 486. The summed E-state index contributed by atoms with van der Waals surface area (Å²) < 4.78 is 0. The Labute approximate surface area is 131 Å². The summed E-state index contributed by atoms with van der Waals surface area (Å²) in [7, 11) is 0. The lowest BCUT2D eigenvalue weighted by Gasteiger charge is -2.23. The molecule has 2 heterocycles. The third-order valence-electron chi connectivity index (χ3n) is 3.94. The highest BCUT2D eigenvalue weighted by atomic mass is 35.5. The van der Waals surface area contributed by atoms with Gasteiger partial charge in [-0.05, 0) is 51.4 Å². The highest BCUT2D eigenvalue weighted by Gasteiger charge is 2.18. The molecule has 0 radical (unpaired) electrons. The van der Waals surface area contributed by atoms with E-state index in [4.69, 9.17) is 11.6 Å². The van der Waals surface area contributed by atoms with Crippen LogP contribution in [-0.2, 0) is 6.42 Å². The summed E-state index contributed by atoms with van der Waals surface area (Å²) in [5.41, 5.74) is 1.48. The van der Waals surface area contributed by atoms with Crippen LogP contribution in [0, 0.1) is 0 Å². The van der Waals surface area contributed by atoms with Gasteiger partial charge in [0, 0.05) is 23.8 Å². The van der Waals surface area contributed by atoms with Gasteiger partial charge in [-0.2, -0.15) is 0 Å². The van der Waals surface area contributed by atoms with Gasteiger partial charge in [-0.1, -0.05) is 24.9 Å². The molecule has 0 saturated carbocycles. The number of pyridine rings is 1. The molecule has 0 bridgehead atoms. The number of amides is 1. The van der Waals surface area contributed by atoms with Crippen molar-refractivity contribution in [2.75, 3.05) is 19.6 Å². The lowest BCUT2D eigenvalue weighted by molar-refractivity contribution is 0.0940. The van der Waals surface area contributed by atoms with E-state index in [-0.39, 0.29) is 5.91 Å². The minimum absolute atomic E-state index is 0.0669. The Morgan fingerprint density at radius 2 is 2.14 bits per heavy atom. The molecule has 1 aliphatic heterocycles. The SMILES string of the molecule is CCCc1cc(C(=O)NCC(C)N2CCCC2)cc(Cl)n1. The maximum atomic E-state index is 12.3. The number of halogens is 1. The van der Waals surface area contributed by atoms with Crippen LogP contribution in [0.1, 0.15) is 49.2 Å². The van der Waals surface area contributed by atoms with Crippen LogP contribution >= 0.6 is 11.6 Å². The van der Waals surface area contributed by atoms with Gasteiger partial charge in [-0.15, -0.1) is 0 Å². The van der Waals surface area contributed by atoms with E-state index in [2.05, 4.69) is 29.0 Å². The number of nitrogens with one attached hydrogen (secondary N) is 1. The molecule has 0 aliphatic carbocycles. The monoisotopic (exact) mass is 309 g/mol. The van der Waals surface area contributed by atoms with Crippen molar-refractivity contribution in [1.29, 1.82) is 0 Å². The quantitative estimate of drug-likeness (QED) is 0.822. The van der Waals surface area contributed by atoms with Crippen LogP contribution in [0.3, 0.4) is 0 Å². The van der Waals surface area contributed by atoms with Gasteiger partial charge in [-0.25, -0.2) is 4.98 Å². The zero-order valence-electron chi connectivity index (χ0n) is 12.9. The molecule has 2 rings (SSSR count). The minimum Gasteiger partial charge on any atom is -0.350 e. The van der Waals surface area contributed by atoms with Crippen LogP contribution in [0.25, 0.3) is 0 Å². The summed E-state index contributed by atoms with van der Waals surface area (Å²) >= 11 is 6.00. The summed E-state index contributed by atoms with van der Waals surface area (Å²) in [5, 5.41) is 3.39. The fourth-order valence-electron chi connectivity index (χ4n) is 2.72. The van der Waals surface area contributed by atoms with Crippen LogP contribution in [-0.4, -0.2) is 41.5 Å². The lowest BCUT2D eigenvalue weighted by Crippen LogP contribution is -2.40. The summed E-state index contributed by atoms with van der Waals surface area (Å²) in [5.74, 6) is -0.0669. The van der Waals surface area contributed by atoms with Crippen molar-refractivity contribution >= 4 is 17.5 Å². The predicted molar refractivity (Wildman–Crippen MR) is 85.8 cm³/mol. The Morgan fingerprint density at radius 1 is 1.43 bits per heavy atom. The zero-order valence-corrected chi connectivity index (χ0v) is 13.6.